The van der Waals surface area contributed by atoms with Gasteiger partial charge >= 0.3 is 0 Å². The second-order valence-corrected chi connectivity index (χ2v) is 11.6. The van der Waals surface area contributed by atoms with Crippen molar-refractivity contribution in [3.05, 3.63) is 54.6 Å². The first-order valence-corrected chi connectivity index (χ1v) is 13.7. The number of sulfonamides is 2. The molecule has 1 fully saturated rings. The second kappa shape index (κ2) is 9.62. The molecular formula is C22H26N4O5S2. The van der Waals surface area contributed by atoms with E-state index in [1.54, 1.807) is 24.3 Å². The number of nitrogens with one attached hydrogen (secondary N) is 2. The molecule has 0 aromatic heterocycles. The van der Waals surface area contributed by atoms with Crippen LogP contribution in [0.25, 0.3) is 0 Å². The van der Waals surface area contributed by atoms with E-state index in [0.29, 0.717) is 31.6 Å². The van der Waals surface area contributed by atoms with Gasteiger partial charge in [0.15, 0.2) is 0 Å². The van der Waals surface area contributed by atoms with Gasteiger partial charge < -0.3 is 5.32 Å². The smallest absolute Gasteiger partial charge is 0.262 e. The molecule has 1 atom stereocenters. The maximum atomic E-state index is 13.2. The first-order valence-electron chi connectivity index (χ1n) is 10.8. The van der Waals surface area contributed by atoms with Gasteiger partial charge in [-0.25, -0.2) is 16.8 Å². The topological polar surface area (TPSA) is 125 Å². The molecule has 0 saturated carbocycles. The molecule has 0 radical (unpaired) electrons. The maximum Gasteiger partial charge on any atom is 0.262 e. The van der Waals surface area contributed by atoms with Crippen molar-refractivity contribution in [1.29, 1.82) is 0 Å². The lowest BCUT2D eigenvalue weighted by molar-refractivity contribution is -0.120. The molecule has 2 aliphatic rings. The van der Waals surface area contributed by atoms with Crippen LogP contribution in [0.3, 0.4) is 0 Å². The quantitative estimate of drug-likeness (QED) is 0.643. The number of anilines is 1. The van der Waals surface area contributed by atoms with Gasteiger partial charge in [-0.3, -0.25) is 14.5 Å². The molecule has 2 aromatic carbocycles. The van der Waals surface area contributed by atoms with E-state index in [0.717, 1.165) is 12.8 Å². The summed E-state index contributed by atoms with van der Waals surface area (Å²) < 4.78 is 55.4. The highest BCUT2D eigenvalue weighted by Gasteiger charge is 2.37. The number of carbonyl (C=O) groups excluding carboxylic acids is 1. The van der Waals surface area contributed by atoms with Crippen LogP contribution >= 0.6 is 0 Å². The van der Waals surface area contributed by atoms with Crippen molar-refractivity contribution in [2.75, 3.05) is 18.4 Å². The van der Waals surface area contributed by atoms with Gasteiger partial charge in [-0.05, 0) is 49.6 Å². The number of carbonyl (C=O) groups is 1. The van der Waals surface area contributed by atoms with E-state index in [-0.39, 0.29) is 22.0 Å². The molecule has 0 aliphatic carbocycles. The summed E-state index contributed by atoms with van der Waals surface area (Å²) in [5.41, 5.74) is 0.277. The molecule has 0 bridgehead atoms. The number of hydrogen-bond acceptors (Lipinski definition) is 6. The SMILES string of the molecule is O=C(Nc1cccc(S(=O)(=O)NC2=NCCC2)c1)C1CCCCN1S(=O)(=O)c1ccccc1. The summed E-state index contributed by atoms with van der Waals surface area (Å²) in [6, 6.07) is 13.0. The Hall–Kier alpha value is -2.76. The molecule has 2 heterocycles. The van der Waals surface area contributed by atoms with Gasteiger partial charge in [0.1, 0.15) is 11.9 Å². The van der Waals surface area contributed by atoms with Gasteiger partial charge in [0.2, 0.25) is 15.9 Å². The monoisotopic (exact) mass is 490 g/mol. The van der Waals surface area contributed by atoms with Crippen LogP contribution in [0.15, 0.2) is 69.4 Å². The molecule has 176 valence electrons. The number of amidine groups is 1. The molecule has 11 heteroatoms. The number of nitrogens with zero attached hydrogens (tertiary/aromatic N) is 2. The van der Waals surface area contributed by atoms with E-state index in [4.69, 9.17) is 0 Å². The molecule has 1 unspecified atom stereocenters. The average Bonchev–Trinajstić information content (AvgIpc) is 3.32. The Balaban J connectivity index is 1.53. The summed E-state index contributed by atoms with van der Waals surface area (Å²) in [7, 11) is -7.68. The van der Waals surface area contributed by atoms with Gasteiger partial charge in [-0.15, -0.1) is 0 Å². The van der Waals surface area contributed by atoms with Gasteiger partial charge in [-0.1, -0.05) is 30.7 Å². The lowest BCUT2D eigenvalue weighted by atomic mass is 10.0. The largest absolute Gasteiger partial charge is 0.325 e. The van der Waals surface area contributed by atoms with E-state index >= 15 is 0 Å². The van der Waals surface area contributed by atoms with Crippen LogP contribution in [0.1, 0.15) is 32.1 Å². The third kappa shape index (κ3) is 5.26. The zero-order valence-corrected chi connectivity index (χ0v) is 19.6. The van der Waals surface area contributed by atoms with Gasteiger partial charge in [-0.2, -0.15) is 4.31 Å². The van der Waals surface area contributed by atoms with Crippen LogP contribution in [0, 0.1) is 0 Å². The van der Waals surface area contributed by atoms with Crippen LogP contribution < -0.4 is 10.0 Å². The van der Waals surface area contributed by atoms with E-state index in [2.05, 4.69) is 15.0 Å². The Kier molecular flexibility index (Phi) is 6.82. The number of benzene rings is 2. The van der Waals surface area contributed by atoms with Crippen molar-refractivity contribution in [3.63, 3.8) is 0 Å². The lowest BCUT2D eigenvalue weighted by Crippen LogP contribution is -2.49. The summed E-state index contributed by atoms with van der Waals surface area (Å²) in [5, 5.41) is 2.70. The van der Waals surface area contributed by atoms with E-state index in [9.17, 15) is 21.6 Å². The zero-order chi connectivity index (χ0) is 23.5. The third-order valence-electron chi connectivity index (χ3n) is 5.64. The number of rotatable bonds is 6. The number of aliphatic imine (C=N–C) groups is 1. The first kappa shape index (κ1) is 23.4. The molecule has 2 aliphatic heterocycles. The Morgan fingerprint density at radius 3 is 2.42 bits per heavy atom. The minimum atomic E-state index is -3.84. The maximum absolute atomic E-state index is 13.2. The van der Waals surface area contributed by atoms with Gasteiger partial charge in [0.25, 0.3) is 10.0 Å². The predicted molar refractivity (Wildman–Crippen MR) is 125 cm³/mol. The minimum Gasteiger partial charge on any atom is -0.325 e. The van der Waals surface area contributed by atoms with E-state index in [1.165, 1.54) is 34.6 Å². The van der Waals surface area contributed by atoms with Gasteiger partial charge in [0.05, 0.1) is 9.79 Å². The fourth-order valence-corrected chi connectivity index (χ4v) is 6.80. The highest BCUT2D eigenvalue weighted by atomic mass is 32.2. The standard InChI is InChI=1S/C22H26N4O5S2/c27-22(20-12-4-5-15-26(20)33(30,31)18-9-2-1-3-10-18)24-17-8-6-11-19(16-17)32(28,29)25-21-13-7-14-23-21/h1-3,6,8-11,16,20H,4-5,7,12-15H2,(H,23,25)(H,24,27). The predicted octanol–water partition coefficient (Wildman–Crippen LogP) is 2.34. The molecule has 2 aromatic rings. The molecule has 2 N–H and O–H groups in total. The van der Waals surface area contributed by atoms with E-state index < -0.39 is 32.0 Å². The highest BCUT2D eigenvalue weighted by Crippen LogP contribution is 2.26. The molecule has 33 heavy (non-hydrogen) atoms. The normalized spacial score (nSPS) is 19.6. The third-order valence-corrected chi connectivity index (χ3v) is 8.95. The number of amides is 1. The van der Waals surface area contributed by atoms with Crippen LogP contribution in [-0.2, 0) is 24.8 Å². The summed E-state index contributed by atoms with van der Waals surface area (Å²) in [6.45, 7) is 0.841. The minimum absolute atomic E-state index is 0.00712. The van der Waals surface area contributed by atoms with E-state index in [1.807, 2.05) is 0 Å². The van der Waals surface area contributed by atoms with Crippen molar-refractivity contribution in [1.82, 2.24) is 9.03 Å². The van der Waals surface area contributed by atoms with Crippen LogP contribution in [0.5, 0.6) is 0 Å². The first-order chi connectivity index (χ1) is 15.8. The van der Waals surface area contributed by atoms with Crippen LogP contribution in [-0.4, -0.2) is 52.0 Å². The average molecular weight is 491 g/mol. The molecule has 1 amide bonds. The van der Waals surface area contributed by atoms with Crippen molar-refractivity contribution >= 4 is 37.5 Å². The fourth-order valence-electron chi connectivity index (χ4n) is 3.99. The Morgan fingerprint density at radius 1 is 0.939 bits per heavy atom. The summed E-state index contributed by atoms with van der Waals surface area (Å²) in [4.78, 5) is 17.4. The van der Waals surface area contributed by atoms with Crippen LogP contribution in [0.4, 0.5) is 5.69 Å². The fraction of sp³-hybridized carbons (Fsp3) is 0.364. The van der Waals surface area contributed by atoms with Crippen molar-refractivity contribution in [2.24, 2.45) is 4.99 Å². The Labute approximate surface area is 194 Å². The van der Waals surface area contributed by atoms with Crippen molar-refractivity contribution in [2.45, 2.75) is 47.9 Å². The highest BCUT2D eigenvalue weighted by molar-refractivity contribution is 7.90. The van der Waals surface area contributed by atoms with Crippen molar-refractivity contribution in [3.8, 4) is 0 Å². The summed E-state index contributed by atoms with van der Waals surface area (Å²) in [5.74, 6) is -0.0646. The molecule has 1 saturated heterocycles. The lowest BCUT2D eigenvalue weighted by Gasteiger charge is -2.33. The van der Waals surface area contributed by atoms with Crippen molar-refractivity contribution < 1.29 is 21.6 Å². The van der Waals surface area contributed by atoms with Crippen LogP contribution in [0.2, 0.25) is 0 Å². The molecular weight excluding hydrogens is 464 g/mol. The summed E-state index contributed by atoms with van der Waals surface area (Å²) >= 11 is 0. The molecule has 9 nitrogen and oxygen atoms in total. The Morgan fingerprint density at radius 2 is 1.70 bits per heavy atom. The second-order valence-electron chi connectivity index (χ2n) is 7.99. The molecule has 4 rings (SSSR count). The summed E-state index contributed by atoms with van der Waals surface area (Å²) in [6.07, 6.45) is 3.15. The number of piperidine rings is 1. The van der Waals surface area contributed by atoms with Gasteiger partial charge in [0, 0.05) is 25.2 Å². The Bertz CT molecular complexity index is 1260. The zero-order valence-electron chi connectivity index (χ0n) is 18.0. The number of hydrogen-bond donors (Lipinski definition) is 2. The molecule has 0 spiro atoms.